The van der Waals surface area contributed by atoms with Crippen LogP contribution in [0.25, 0.3) is 10.8 Å². The van der Waals surface area contributed by atoms with Gasteiger partial charge in [0.25, 0.3) is 0 Å². The minimum absolute atomic E-state index is 0.0102. The van der Waals surface area contributed by atoms with Crippen LogP contribution in [0.2, 0.25) is 0 Å². The van der Waals surface area contributed by atoms with E-state index < -0.39 is 0 Å². The van der Waals surface area contributed by atoms with E-state index in [4.69, 9.17) is 0 Å². The van der Waals surface area contributed by atoms with Crippen molar-refractivity contribution < 1.29 is 4.79 Å². The van der Waals surface area contributed by atoms with E-state index >= 15 is 0 Å². The molecular weight excluding hydrogens is 272 g/mol. The number of carbonyl (C=O) groups excluding carboxylic acids is 1. The van der Waals surface area contributed by atoms with Crippen LogP contribution in [0.3, 0.4) is 0 Å². The summed E-state index contributed by atoms with van der Waals surface area (Å²) in [5.74, 6) is -0.0102. The highest BCUT2D eigenvalue weighted by Gasteiger charge is 2.03. The number of aromatic nitrogens is 1. The lowest BCUT2D eigenvalue weighted by Gasteiger charge is -2.07. The Kier molecular flexibility index (Phi) is 4.15. The van der Waals surface area contributed by atoms with E-state index in [0.29, 0.717) is 6.54 Å². The molecule has 0 fully saturated rings. The lowest BCUT2D eigenvalue weighted by atomic mass is 10.0. The van der Waals surface area contributed by atoms with Crippen LogP contribution in [0.15, 0.2) is 60.8 Å². The average Bonchev–Trinajstić information content (AvgIpc) is 2.54. The fourth-order valence-corrected chi connectivity index (χ4v) is 2.52. The molecule has 0 unspecified atom stereocenters. The van der Waals surface area contributed by atoms with Crippen LogP contribution in [0.4, 0.5) is 0 Å². The van der Waals surface area contributed by atoms with Crippen molar-refractivity contribution in [2.24, 2.45) is 0 Å². The SMILES string of the molecule is CC(=O)NCc1ccc(Cc2nccc3ccccc23)cc1. The minimum atomic E-state index is -0.0102. The summed E-state index contributed by atoms with van der Waals surface area (Å²) in [5.41, 5.74) is 3.41. The Morgan fingerprint density at radius 1 is 1.00 bits per heavy atom. The van der Waals surface area contributed by atoms with Crippen LogP contribution >= 0.6 is 0 Å². The molecular formula is C19H18N2O. The van der Waals surface area contributed by atoms with E-state index in [9.17, 15) is 4.79 Å². The summed E-state index contributed by atoms with van der Waals surface area (Å²) in [5, 5.41) is 5.22. The van der Waals surface area contributed by atoms with E-state index in [2.05, 4.69) is 46.7 Å². The predicted octanol–water partition coefficient (Wildman–Crippen LogP) is 3.46. The molecule has 1 amide bonds. The predicted molar refractivity (Wildman–Crippen MR) is 88.5 cm³/mol. The Bertz CT molecular complexity index is 789. The topological polar surface area (TPSA) is 42.0 Å². The minimum Gasteiger partial charge on any atom is -0.352 e. The molecule has 1 aromatic heterocycles. The van der Waals surface area contributed by atoms with Crippen molar-refractivity contribution >= 4 is 16.7 Å². The molecule has 0 aliphatic carbocycles. The molecule has 110 valence electrons. The summed E-state index contributed by atoms with van der Waals surface area (Å²) >= 11 is 0. The average molecular weight is 290 g/mol. The van der Waals surface area contributed by atoms with Crippen LogP contribution in [0, 0.1) is 0 Å². The molecule has 0 atom stereocenters. The second-order valence-electron chi connectivity index (χ2n) is 5.38. The van der Waals surface area contributed by atoms with Crippen molar-refractivity contribution in [3.8, 4) is 0 Å². The zero-order valence-corrected chi connectivity index (χ0v) is 12.5. The maximum atomic E-state index is 10.9. The second-order valence-corrected chi connectivity index (χ2v) is 5.38. The summed E-state index contributed by atoms with van der Waals surface area (Å²) in [6.45, 7) is 2.10. The van der Waals surface area contributed by atoms with Gasteiger partial charge in [-0.2, -0.15) is 0 Å². The first kappa shape index (κ1) is 14.3. The maximum Gasteiger partial charge on any atom is 0.217 e. The number of fused-ring (bicyclic) bond motifs is 1. The Hall–Kier alpha value is -2.68. The summed E-state index contributed by atoms with van der Waals surface area (Å²) in [6.07, 6.45) is 2.67. The van der Waals surface area contributed by atoms with Gasteiger partial charge in [-0.25, -0.2) is 0 Å². The smallest absolute Gasteiger partial charge is 0.217 e. The number of amides is 1. The van der Waals surface area contributed by atoms with Gasteiger partial charge in [0, 0.05) is 31.5 Å². The van der Waals surface area contributed by atoms with Gasteiger partial charge in [0.15, 0.2) is 0 Å². The Labute approximate surface area is 130 Å². The van der Waals surface area contributed by atoms with Crippen molar-refractivity contribution in [3.05, 3.63) is 77.6 Å². The van der Waals surface area contributed by atoms with Gasteiger partial charge in [-0.1, -0.05) is 48.5 Å². The van der Waals surface area contributed by atoms with E-state index in [0.717, 1.165) is 17.7 Å². The summed E-state index contributed by atoms with van der Waals surface area (Å²) in [6, 6.07) is 18.6. The van der Waals surface area contributed by atoms with E-state index in [-0.39, 0.29) is 5.91 Å². The summed E-state index contributed by atoms with van der Waals surface area (Å²) in [4.78, 5) is 15.5. The largest absolute Gasteiger partial charge is 0.352 e. The number of pyridine rings is 1. The van der Waals surface area contributed by atoms with Crippen LogP contribution in [-0.2, 0) is 17.8 Å². The molecule has 0 aliphatic rings. The molecule has 0 radical (unpaired) electrons. The molecule has 22 heavy (non-hydrogen) atoms. The molecule has 0 spiro atoms. The van der Waals surface area contributed by atoms with E-state index in [1.165, 1.54) is 23.3 Å². The van der Waals surface area contributed by atoms with Crippen molar-refractivity contribution in [3.63, 3.8) is 0 Å². The molecule has 1 N–H and O–H groups in total. The summed E-state index contributed by atoms with van der Waals surface area (Å²) in [7, 11) is 0. The molecule has 0 bridgehead atoms. The Morgan fingerprint density at radius 3 is 2.50 bits per heavy atom. The maximum absolute atomic E-state index is 10.9. The van der Waals surface area contributed by atoms with E-state index in [1.807, 2.05) is 24.4 Å². The number of benzene rings is 2. The highest BCUT2D eigenvalue weighted by Crippen LogP contribution is 2.19. The molecule has 3 rings (SSSR count). The normalized spacial score (nSPS) is 10.6. The van der Waals surface area contributed by atoms with Gasteiger partial charge in [-0.05, 0) is 22.6 Å². The number of carbonyl (C=O) groups is 1. The molecule has 2 aromatic carbocycles. The van der Waals surface area contributed by atoms with Gasteiger partial charge in [0.2, 0.25) is 5.91 Å². The molecule has 0 saturated heterocycles. The van der Waals surface area contributed by atoms with Gasteiger partial charge in [-0.15, -0.1) is 0 Å². The molecule has 3 aromatic rings. The molecule has 3 nitrogen and oxygen atoms in total. The quantitative estimate of drug-likeness (QED) is 0.799. The lowest BCUT2D eigenvalue weighted by molar-refractivity contribution is -0.119. The number of hydrogen-bond donors (Lipinski definition) is 1. The highest BCUT2D eigenvalue weighted by atomic mass is 16.1. The third-order valence-corrected chi connectivity index (χ3v) is 3.69. The van der Waals surface area contributed by atoms with Gasteiger partial charge in [0.1, 0.15) is 0 Å². The number of nitrogens with zero attached hydrogens (tertiary/aromatic N) is 1. The fourth-order valence-electron chi connectivity index (χ4n) is 2.52. The first-order valence-corrected chi connectivity index (χ1v) is 7.37. The number of nitrogens with one attached hydrogen (secondary N) is 1. The van der Waals surface area contributed by atoms with Gasteiger partial charge >= 0.3 is 0 Å². The number of hydrogen-bond acceptors (Lipinski definition) is 2. The van der Waals surface area contributed by atoms with Crippen molar-refractivity contribution in [2.75, 3.05) is 0 Å². The first-order valence-electron chi connectivity index (χ1n) is 7.37. The fraction of sp³-hybridized carbons (Fsp3) is 0.158. The molecule has 0 saturated carbocycles. The molecule has 0 aliphatic heterocycles. The van der Waals surface area contributed by atoms with Crippen LogP contribution in [-0.4, -0.2) is 10.9 Å². The van der Waals surface area contributed by atoms with Crippen LogP contribution in [0.1, 0.15) is 23.7 Å². The standard InChI is InChI=1S/C19H18N2O/c1-14(22)21-13-16-8-6-15(7-9-16)12-19-18-5-3-2-4-17(18)10-11-20-19/h2-11H,12-13H2,1H3,(H,21,22). The lowest BCUT2D eigenvalue weighted by Crippen LogP contribution is -2.18. The van der Waals surface area contributed by atoms with Crippen molar-refractivity contribution in [1.82, 2.24) is 10.3 Å². The van der Waals surface area contributed by atoms with Crippen LogP contribution in [0.5, 0.6) is 0 Å². The zero-order chi connectivity index (χ0) is 15.4. The Morgan fingerprint density at radius 2 is 1.73 bits per heavy atom. The second kappa shape index (κ2) is 6.39. The van der Waals surface area contributed by atoms with Gasteiger partial charge in [-0.3, -0.25) is 9.78 Å². The molecule has 1 heterocycles. The number of rotatable bonds is 4. The molecule has 3 heteroatoms. The van der Waals surface area contributed by atoms with Gasteiger partial charge in [0.05, 0.1) is 5.69 Å². The Balaban J connectivity index is 1.79. The third-order valence-electron chi connectivity index (χ3n) is 3.69. The third kappa shape index (κ3) is 3.31. The van der Waals surface area contributed by atoms with Crippen molar-refractivity contribution in [2.45, 2.75) is 19.9 Å². The highest BCUT2D eigenvalue weighted by molar-refractivity contribution is 5.84. The van der Waals surface area contributed by atoms with Crippen LogP contribution < -0.4 is 5.32 Å². The van der Waals surface area contributed by atoms with Gasteiger partial charge < -0.3 is 5.32 Å². The first-order chi connectivity index (χ1) is 10.7. The van der Waals surface area contributed by atoms with E-state index in [1.54, 1.807) is 0 Å². The zero-order valence-electron chi connectivity index (χ0n) is 12.5. The summed E-state index contributed by atoms with van der Waals surface area (Å²) < 4.78 is 0. The monoisotopic (exact) mass is 290 g/mol. The van der Waals surface area contributed by atoms with Crippen molar-refractivity contribution in [1.29, 1.82) is 0 Å².